The summed E-state index contributed by atoms with van der Waals surface area (Å²) in [5.74, 6) is 0.993. The van der Waals surface area contributed by atoms with Crippen molar-refractivity contribution in [2.75, 3.05) is 0 Å². The summed E-state index contributed by atoms with van der Waals surface area (Å²) in [6.07, 6.45) is 2.03. The molecule has 0 bridgehead atoms. The molecule has 3 aromatic carbocycles. The van der Waals surface area contributed by atoms with Gasteiger partial charge >= 0.3 is 162 Å². The first-order valence-corrected chi connectivity index (χ1v) is 12.5. The summed E-state index contributed by atoms with van der Waals surface area (Å²) in [5.41, 5.74) is 0.475. The second-order valence-corrected chi connectivity index (χ2v) is 12.3. The van der Waals surface area contributed by atoms with Gasteiger partial charge in [0.1, 0.15) is 0 Å². The summed E-state index contributed by atoms with van der Waals surface area (Å²) < 4.78 is 2.24. The molecule has 4 rings (SSSR count). The molecule has 0 atom stereocenters. The van der Waals surface area contributed by atoms with Crippen molar-refractivity contribution in [2.24, 2.45) is 7.05 Å². The Kier molecular flexibility index (Phi) is 4.78. The second-order valence-electron chi connectivity index (χ2n) is 6.15. The van der Waals surface area contributed by atoms with E-state index in [0.29, 0.717) is 0 Å². The third kappa shape index (κ3) is 2.93. The number of hydrogen-bond donors (Lipinski definition) is 0. The van der Waals surface area contributed by atoms with Gasteiger partial charge in [0.15, 0.2) is 0 Å². The minimum absolute atomic E-state index is 0.993. The molecule has 0 fully saturated rings. The minimum atomic E-state index is -1.89. The Morgan fingerprint density at radius 1 is 0.731 bits per heavy atom. The number of aromatic nitrogens is 2. The van der Waals surface area contributed by atoms with Gasteiger partial charge < -0.3 is 0 Å². The molecule has 0 N–H and O–H groups in total. The molecule has 1 aromatic heterocycles. The van der Waals surface area contributed by atoms with Crippen LogP contribution in [0.2, 0.25) is 0 Å². The maximum atomic E-state index is 4.77. The number of hydrogen-bond acceptors (Lipinski definition) is 1. The molecule has 0 aliphatic rings. The molecule has 0 saturated heterocycles. The van der Waals surface area contributed by atoms with Crippen molar-refractivity contribution in [2.45, 2.75) is 0 Å². The molecule has 0 amide bonds. The first-order valence-electron chi connectivity index (χ1n) is 8.50. The van der Waals surface area contributed by atoms with Gasteiger partial charge in [-0.25, -0.2) is 0 Å². The van der Waals surface area contributed by atoms with E-state index in [2.05, 4.69) is 112 Å². The average molecular weight is 421 g/mol. The Morgan fingerprint density at radius 3 is 1.69 bits per heavy atom. The van der Waals surface area contributed by atoms with Gasteiger partial charge in [0.2, 0.25) is 0 Å². The van der Waals surface area contributed by atoms with Gasteiger partial charge in [-0.3, -0.25) is 0 Å². The molecule has 0 radical (unpaired) electrons. The van der Waals surface area contributed by atoms with Crippen LogP contribution in [0, 0.1) is 0 Å². The van der Waals surface area contributed by atoms with E-state index in [1.165, 1.54) is 16.0 Å². The molecule has 26 heavy (non-hydrogen) atoms. The molecule has 4 aromatic rings. The van der Waals surface area contributed by atoms with Crippen LogP contribution >= 0.6 is 5.51 Å². The van der Waals surface area contributed by atoms with Crippen molar-refractivity contribution in [1.82, 2.24) is 9.55 Å². The van der Waals surface area contributed by atoms with Gasteiger partial charge in [0.25, 0.3) is 0 Å². The third-order valence-electron chi connectivity index (χ3n) is 4.56. The van der Waals surface area contributed by atoms with Crippen LogP contribution < -0.4 is 16.0 Å². The molecule has 0 aliphatic carbocycles. The van der Waals surface area contributed by atoms with Gasteiger partial charge in [0.05, 0.1) is 0 Å². The first kappa shape index (κ1) is 17.2. The van der Waals surface area contributed by atoms with E-state index >= 15 is 0 Å². The topological polar surface area (TPSA) is 17.8 Å². The van der Waals surface area contributed by atoms with E-state index in [1.54, 1.807) is 0 Å². The molecule has 2 nitrogen and oxygen atoms in total. The van der Waals surface area contributed by atoms with Gasteiger partial charge in [-0.05, 0) is 0 Å². The van der Waals surface area contributed by atoms with Crippen molar-refractivity contribution in [3.63, 3.8) is 0 Å². The first-order chi connectivity index (χ1) is 12.7. The summed E-state index contributed by atoms with van der Waals surface area (Å²) >= 11 is 3.60. The molecule has 128 valence electrons. The average Bonchev–Trinajstić information content (AvgIpc) is 3.11. The molecule has 0 saturated carbocycles. The normalized spacial score (nSPS) is 11.4. The predicted molar refractivity (Wildman–Crippen MR) is 113 cm³/mol. The SMILES string of the molecule is Cn1c(P(=[Se])(c2ccccc2)c2ccccc2)cnc1-c1ccccc1. The predicted octanol–water partition coefficient (Wildman–Crippen LogP) is 3.46. The molecule has 1 heterocycles. The summed E-state index contributed by atoms with van der Waals surface area (Å²) in [7, 11) is 2.11. The Morgan fingerprint density at radius 2 is 1.19 bits per heavy atom. The Labute approximate surface area is 161 Å². The summed E-state index contributed by atoms with van der Waals surface area (Å²) in [4.78, 5) is 4.77. The third-order valence-corrected chi connectivity index (χ3v) is 11.5. The zero-order chi connectivity index (χ0) is 18.0. The van der Waals surface area contributed by atoms with Gasteiger partial charge in [0, 0.05) is 0 Å². The van der Waals surface area contributed by atoms with Crippen molar-refractivity contribution >= 4 is 36.7 Å². The van der Waals surface area contributed by atoms with Gasteiger partial charge in [-0.2, -0.15) is 0 Å². The van der Waals surface area contributed by atoms with Crippen LogP contribution in [-0.4, -0.2) is 24.6 Å². The van der Waals surface area contributed by atoms with E-state index in [0.717, 1.165) is 11.4 Å². The summed E-state index contributed by atoms with van der Waals surface area (Å²) in [5, 5.41) is 2.63. The maximum absolute atomic E-state index is 4.77. The van der Waals surface area contributed by atoms with Crippen molar-refractivity contribution in [3.8, 4) is 11.4 Å². The summed E-state index contributed by atoms with van der Waals surface area (Å²) in [6.45, 7) is 0. The molecule has 0 spiro atoms. The Balaban J connectivity index is 1.95. The van der Waals surface area contributed by atoms with Crippen molar-refractivity contribution in [3.05, 3.63) is 97.2 Å². The van der Waals surface area contributed by atoms with E-state index in [9.17, 15) is 0 Å². The van der Waals surface area contributed by atoms with Crippen LogP contribution in [0.1, 0.15) is 0 Å². The number of nitrogens with zero attached hydrogens (tertiary/aromatic N) is 2. The fraction of sp³-hybridized carbons (Fsp3) is 0.0455. The number of rotatable bonds is 4. The second kappa shape index (κ2) is 7.21. The van der Waals surface area contributed by atoms with Crippen molar-refractivity contribution < 1.29 is 0 Å². The Bertz CT molecular complexity index is 1010. The molecular weight excluding hydrogens is 402 g/mol. The number of benzene rings is 3. The molecule has 0 aliphatic heterocycles. The van der Waals surface area contributed by atoms with E-state index in [4.69, 9.17) is 4.98 Å². The zero-order valence-electron chi connectivity index (χ0n) is 14.5. The van der Waals surface area contributed by atoms with Crippen LogP contribution in [0.25, 0.3) is 11.4 Å². The molecular formula is C22H19N2PSe. The fourth-order valence-electron chi connectivity index (χ4n) is 3.24. The van der Waals surface area contributed by atoms with Gasteiger partial charge in [-0.15, -0.1) is 0 Å². The molecule has 0 unspecified atom stereocenters. The monoisotopic (exact) mass is 422 g/mol. The van der Waals surface area contributed by atoms with E-state index in [-0.39, 0.29) is 0 Å². The molecule has 4 heteroatoms. The van der Waals surface area contributed by atoms with Crippen LogP contribution in [0.15, 0.2) is 97.2 Å². The zero-order valence-corrected chi connectivity index (χ0v) is 17.1. The van der Waals surface area contributed by atoms with Crippen LogP contribution in [0.4, 0.5) is 0 Å². The van der Waals surface area contributed by atoms with Gasteiger partial charge in [-0.1, -0.05) is 0 Å². The standard InChI is InChI=1S/C22H19N2PSe/c1-24-21(17-23-22(24)18-11-5-2-6-12-18)25(26,19-13-7-3-8-14-19)20-15-9-4-10-16-20/h2-17H,1H3. The quantitative estimate of drug-likeness (QED) is 0.365. The fourth-order valence-corrected chi connectivity index (χ4v) is 8.59. The van der Waals surface area contributed by atoms with Crippen LogP contribution in [0.5, 0.6) is 0 Å². The van der Waals surface area contributed by atoms with Crippen molar-refractivity contribution in [1.29, 1.82) is 0 Å². The van der Waals surface area contributed by atoms with Crippen LogP contribution in [0.3, 0.4) is 0 Å². The van der Waals surface area contributed by atoms with E-state index in [1.807, 2.05) is 12.3 Å². The van der Waals surface area contributed by atoms with Crippen LogP contribution in [-0.2, 0) is 7.05 Å². The number of imidazole rings is 1. The summed E-state index contributed by atoms with van der Waals surface area (Å²) in [6, 6.07) is 31.8. The van der Waals surface area contributed by atoms with E-state index < -0.39 is 5.51 Å². The Hall–Kier alpha value is -2.18.